The van der Waals surface area contributed by atoms with Crippen molar-refractivity contribution in [3.05, 3.63) is 39.9 Å². The monoisotopic (exact) mass is 293 g/mol. The molecule has 2 atom stereocenters. The predicted octanol–water partition coefficient (Wildman–Crippen LogP) is 1.10. The smallest absolute Gasteiger partial charge is 0.269 e. The minimum atomic E-state index is -0.495. The molecular weight excluding hydrogens is 274 g/mol. The van der Waals surface area contributed by atoms with E-state index in [0.29, 0.717) is 13.2 Å². The number of rotatable bonds is 4. The molecule has 1 amide bonds. The zero-order valence-corrected chi connectivity index (χ0v) is 12.1. The van der Waals surface area contributed by atoms with Crippen LogP contribution in [0.4, 0.5) is 5.69 Å². The van der Waals surface area contributed by atoms with Gasteiger partial charge in [0.1, 0.15) is 6.10 Å². The third-order valence-electron chi connectivity index (χ3n) is 3.70. The number of likely N-dealkylation sites (N-methyl/N-ethyl adjacent to an activating group) is 1. The molecule has 1 fully saturated rings. The third-order valence-corrected chi connectivity index (χ3v) is 3.70. The molecule has 114 valence electrons. The van der Waals surface area contributed by atoms with Crippen LogP contribution in [0.25, 0.3) is 0 Å². The molecular formula is C14H19N3O4. The number of hydrogen-bond donors (Lipinski definition) is 1. The van der Waals surface area contributed by atoms with Crippen LogP contribution in [0, 0.1) is 10.1 Å². The molecule has 1 aliphatic rings. The summed E-state index contributed by atoms with van der Waals surface area (Å²) < 4.78 is 5.45. The fourth-order valence-corrected chi connectivity index (χ4v) is 2.26. The molecule has 7 heteroatoms. The fraction of sp³-hybridized carbons (Fsp3) is 0.500. The van der Waals surface area contributed by atoms with Gasteiger partial charge in [-0.3, -0.25) is 14.9 Å². The Bertz CT molecular complexity index is 529. The van der Waals surface area contributed by atoms with Gasteiger partial charge in [0.15, 0.2) is 0 Å². The van der Waals surface area contributed by atoms with Gasteiger partial charge in [-0.25, -0.2) is 0 Å². The number of morpholine rings is 1. The van der Waals surface area contributed by atoms with E-state index < -0.39 is 11.0 Å². The lowest BCUT2D eigenvalue weighted by Gasteiger charge is -2.31. The van der Waals surface area contributed by atoms with Crippen molar-refractivity contribution in [2.24, 2.45) is 0 Å². The lowest BCUT2D eigenvalue weighted by atomic mass is 10.1. The van der Waals surface area contributed by atoms with E-state index in [1.54, 1.807) is 24.1 Å². The Morgan fingerprint density at radius 1 is 1.57 bits per heavy atom. The standard InChI is InChI=1S/C14H19N3O4/c1-10(11-4-3-5-12(8-11)17(19)20)16(2)14(18)13-9-15-6-7-21-13/h3-5,8,10,13,15H,6-7,9H2,1-2H3. The molecule has 1 saturated heterocycles. The number of non-ortho nitro benzene ring substituents is 1. The number of carbonyl (C=O) groups is 1. The molecule has 0 aromatic heterocycles. The summed E-state index contributed by atoms with van der Waals surface area (Å²) in [6, 6.07) is 6.08. The Morgan fingerprint density at radius 3 is 2.95 bits per heavy atom. The van der Waals surface area contributed by atoms with Crippen LogP contribution in [0.1, 0.15) is 18.5 Å². The lowest BCUT2D eigenvalue weighted by Crippen LogP contribution is -2.48. The number of nitrogens with zero attached hydrogens (tertiary/aromatic N) is 2. The number of amides is 1. The van der Waals surface area contributed by atoms with E-state index in [2.05, 4.69) is 5.32 Å². The summed E-state index contributed by atoms with van der Waals surface area (Å²) in [5, 5.41) is 13.9. The van der Waals surface area contributed by atoms with Crippen molar-refractivity contribution >= 4 is 11.6 Å². The highest BCUT2D eigenvalue weighted by Crippen LogP contribution is 2.23. The Balaban J connectivity index is 2.10. The van der Waals surface area contributed by atoms with E-state index in [0.717, 1.165) is 12.1 Å². The molecule has 0 saturated carbocycles. The number of ether oxygens (including phenoxy) is 1. The van der Waals surface area contributed by atoms with Gasteiger partial charge in [-0.1, -0.05) is 12.1 Å². The molecule has 2 rings (SSSR count). The van der Waals surface area contributed by atoms with E-state index >= 15 is 0 Å². The van der Waals surface area contributed by atoms with E-state index in [1.807, 2.05) is 6.92 Å². The number of carbonyl (C=O) groups excluding carboxylic acids is 1. The molecule has 1 aromatic rings. The lowest BCUT2D eigenvalue weighted by molar-refractivity contribution is -0.384. The Hall–Kier alpha value is -1.99. The minimum absolute atomic E-state index is 0.0239. The van der Waals surface area contributed by atoms with E-state index in [-0.39, 0.29) is 17.6 Å². The SMILES string of the molecule is CC(c1cccc([N+](=O)[O-])c1)N(C)C(=O)C1CNCCO1. The zero-order valence-electron chi connectivity index (χ0n) is 12.1. The van der Waals surface area contributed by atoms with Gasteiger partial charge in [0.2, 0.25) is 0 Å². The van der Waals surface area contributed by atoms with Crippen molar-refractivity contribution in [1.82, 2.24) is 10.2 Å². The van der Waals surface area contributed by atoms with Crippen molar-refractivity contribution in [2.45, 2.75) is 19.1 Å². The van der Waals surface area contributed by atoms with Gasteiger partial charge in [0.05, 0.1) is 17.6 Å². The Labute approximate surface area is 123 Å². The maximum absolute atomic E-state index is 12.4. The maximum atomic E-state index is 12.4. The predicted molar refractivity (Wildman–Crippen MR) is 76.9 cm³/mol. The first-order valence-electron chi connectivity index (χ1n) is 6.84. The molecule has 0 bridgehead atoms. The second-order valence-electron chi connectivity index (χ2n) is 5.04. The van der Waals surface area contributed by atoms with Crippen LogP contribution >= 0.6 is 0 Å². The van der Waals surface area contributed by atoms with Gasteiger partial charge in [-0.2, -0.15) is 0 Å². The zero-order chi connectivity index (χ0) is 15.4. The summed E-state index contributed by atoms with van der Waals surface area (Å²) in [7, 11) is 1.68. The first-order valence-corrected chi connectivity index (χ1v) is 6.84. The minimum Gasteiger partial charge on any atom is -0.366 e. The summed E-state index contributed by atoms with van der Waals surface area (Å²) >= 11 is 0. The summed E-state index contributed by atoms with van der Waals surface area (Å²) in [5.41, 5.74) is 0.750. The van der Waals surface area contributed by atoms with Crippen LogP contribution in [0.3, 0.4) is 0 Å². The highest BCUT2D eigenvalue weighted by atomic mass is 16.6. The van der Waals surface area contributed by atoms with Crippen LogP contribution in [0.2, 0.25) is 0 Å². The van der Waals surface area contributed by atoms with Crippen molar-refractivity contribution in [3.63, 3.8) is 0 Å². The third kappa shape index (κ3) is 3.56. The van der Waals surface area contributed by atoms with Crippen molar-refractivity contribution < 1.29 is 14.5 Å². The van der Waals surface area contributed by atoms with Crippen LogP contribution in [-0.2, 0) is 9.53 Å². The molecule has 7 nitrogen and oxygen atoms in total. The summed E-state index contributed by atoms with van der Waals surface area (Å²) in [4.78, 5) is 24.3. The molecule has 0 radical (unpaired) electrons. The number of hydrogen-bond acceptors (Lipinski definition) is 5. The fourth-order valence-electron chi connectivity index (χ4n) is 2.26. The number of nitro groups is 1. The molecule has 21 heavy (non-hydrogen) atoms. The quantitative estimate of drug-likeness (QED) is 0.664. The van der Waals surface area contributed by atoms with E-state index in [4.69, 9.17) is 4.74 Å². The second-order valence-corrected chi connectivity index (χ2v) is 5.04. The van der Waals surface area contributed by atoms with Gasteiger partial charge in [-0.05, 0) is 12.5 Å². The molecule has 2 unspecified atom stereocenters. The van der Waals surface area contributed by atoms with Gasteiger partial charge >= 0.3 is 0 Å². The normalized spacial score (nSPS) is 19.8. The van der Waals surface area contributed by atoms with Crippen LogP contribution in [0.15, 0.2) is 24.3 Å². The van der Waals surface area contributed by atoms with Crippen molar-refractivity contribution in [2.75, 3.05) is 26.7 Å². The van der Waals surface area contributed by atoms with Crippen LogP contribution < -0.4 is 5.32 Å². The summed E-state index contributed by atoms with van der Waals surface area (Å²) in [5.74, 6) is -0.124. The van der Waals surface area contributed by atoms with E-state index in [1.165, 1.54) is 12.1 Å². The van der Waals surface area contributed by atoms with Gasteiger partial charge in [-0.15, -0.1) is 0 Å². The van der Waals surface area contributed by atoms with Gasteiger partial charge < -0.3 is 15.0 Å². The molecule has 0 aliphatic carbocycles. The molecule has 0 spiro atoms. The maximum Gasteiger partial charge on any atom is 0.269 e. The van der Waals surface area contributed by atoms with E-state index in [9.17, 15) is 14.9 Å². The average Bonchev–Trinajstić information content (AvgIpc) is 2.53. The number of benzene rings is 1. The molecule has 1 heterocycles. The summed E-state index contributed by atoms with van der Waals surface area (Å²) in [6.45, 7) is 3.58. The largest absolute Gasteiger partial charge is 0.366 e. The second kappa shape index (κ2) is 6.64. The number of nitro benzene ring substituents is 1. The molecule has 1 aromatic carbocycles. The Morgan fingerprint density at radius 2 is 2.33 bits per heavy atom. The average molecular weight is 293 g/mol. The highest BCUT2D eigenvalue weighted by Gasteiger charge is 2.28. The first-order chi connectivity index (χ1) is 10.0. The first kappa shape index (κ1) is 15.4. The number of nitrogens with one attached hydrogen (secondary N) is 1. The van der Waals surface area contributed by atoms with Gasteiger partial charge in [0.25, 0.3) is 11.6 Å². The Kier molecular flexibility index (Phi) is 4.87. The van der Waals surface area contributed by atoms with Gasteiger partial charge in [0, 0.05) is 32.3 Å². The van der Waals surface area contributed by atoms with Crippen LogP contribution in [0.5, 0.6) is 0 Å². The topological polar surface area (TPSA) is 84.7 Å². The van der Waals surface area contributed by atoms with Crippen molar-refractivity contribution in [1.29, 1.82) is 0 Å². The summed E-state index contributed by atoms with van der Waals surface area (Å²) in [6.07, 6.45) is -0.495. The molecule has 1 aliphatic heterocycles. The van der Waals surface area contributed by atoms with Crippen LogP contribution in [-0.4, -0.2) is 48.6 Å². The molecule has 1 N–H and O–H groups in total. The van der Waals surface area contributed by atoms with Crippen molar-refractivity contribution in [3.8, 4) is 0 Å². The highest BCUT2D eigenvalue weighted by molar-refractivity contribution is 5.81.